The van der Waals surface area contributed by atoms with Crippen molar-refractivity contribution in [2.75, 3.05) is 0 Å². The number of hydrogen-bond acceptors (Lipinski definition) is 5. The number of alkyl carbamates (subject to hydrolysis) is 1. The minimum atomic E-state index is -0.910. The number of nitrogens with one attached hydrogen (secondary N) is 1. The molecule has 0 fully saturated rings. The van der Waals surface area contributed by atoms with Gasteiger partial charge in [0.1, 0.15) is 12.2 Å². The lowest BCUT2D eigenvalue weighted by atomic mass is 10.1. The molecule has 1 aromatic carbocycles. The number of aliphatic hydroxyl groups is 1. The first kappa shape index (κ1) is 19.0. The van der Waals surface area contributed by atoms with Crippen molar-refractivity contribution >= 4 is 12.1 Å². The van der Waals surface area contributed by atoms with Crippen LogP contribution >= 0.6 is 0 Å². The highest BCUT2D eigenvalue weighted by Crippen LogP contribution is 2.11. The van der Waals surface area contributed by atoms with Crippen molar-refractivity contribution < 1.29 is 24.2 Å². The quantitative estimate of drug-likeness (QED) is 0.785. The van der Waals surface area contributed by atoms with Crippen molar-refractivity contribution in [3.8, 4) is 0 Å². The maximum atomic E-state index is 11.8. The summed E-state index contributed by atoms with van der Waals surface area (Å²) in [5.41, 5.74) is 0.233. The minimum absolute atomic E-state index is 0.117. The van der Waals surface area contributed by atoms with Crippen LogP contribution in [-0.2, 0) is 20.9 Å². The molecule has 0 aliphatic carbocycles. The number of rotatable bonds is 6. The number of aliphatic hydroxyl groups excluding tert-OH is 1. The number of carbonyl (C=O) groups is 2. The summed E-state index contributed by atoms with van der Waals surface area (Å²) in [6.07, 6.45) is -1.73. The topological polar surface area (TPSA) is 84.9 Å². The Balaban J connectivity index is 2.48. The second-order valence-electron chi connectivity index (χ2n) is 6.34. The van der Waals surface area contributed by atoms with E-state index in [9.17, 15) is 14.7 Å². The number of carbonyl (C=O) groups excluding carboxylic acids is 2. The van der Waals surface area contributed by atoms with Crippen LogP contribution in [0.25, 0.3) is 0 Å². The van der Waals surface area contributed by atoms with Gasteiger partial charge >= 0.3 is 12.1 Å². The number of esters is 1. The average molecular weight is 323 g/mol. The third kappa shape index (κ3) is 8.21. The van der Waals surface area contributed by atoms with Crippen LogP contribution in [0.5, 0.6) is 0 Å². The Morgan fingerprint density at radius 2 is 1.83 bits per heavy atom. The molecule has 6 nitrogen and oxygen atoms in total. The zero-order valence-electron chi connectivity index (χ0n) is 14.0. The van der Waals surface area contributed by atoms with Crippen molar-refractivity contribution in [2.45, 2.75) is 58.5 Å². The Hall–Kier alpha value is -2.08. The van der Waals surface area contributed by atoms with Gasteiger partial charge in [0.15, 0.2) is 0 Å². The third-order valence-electron chi connectivity index (χ3n) is 2.90. The SMILES string of the molecule is CC(O)C(CC(=O)OC(C)(C)C)NC(=O)OCc1ccccc1. The second kappa shape index (κ2) is 8.53. The molecule has 2 atom stereocenters. The molecule has 0 spiro atoms. The van der Waals surface area contributed by atoms with Gasteiger partial charge in [-0.2, -0.15) is 0 Å². The maximum Gasteiger partial charge on any atom is 0.407 e. The van der Waals surface area contributed by atoms with Gasteiger partial charge in [-0.1, -0.05) is 30.3 Å². The predicted molar refractivity (Wildman–Crippen MR) is 85.7 cm³/mol. The monoisotopic (exact) mass is 323 g/mol. The molecule has 0 saturated heterocycles. The standard InChI is InChI=1S/C17H25NO5/c1-12(19)14(10-15(20)23-17(2,3)4)18-16(21)22-11-13-8-6-5-7-9-13/h5-9,12,14,19H,10-11H2,1-4H3,(H,18,21). The van der Waals surface area contributed by atoms with Crippen molar-refractivity contribution in [2.24, 2.45) is 0 Å². The number of benzene rings is 1. The molecule has 0 aliphatic heterocycles. The molecule has 128 valence electrons. The molecule has 0 saturated carbocycles. The highest BCUT2D eigenvalue weighted by molar-refractivity contribution is 5.73. The van der Waals surface area contributed by atoms with E-state index in [4.69, 9.17) is 9.47 Å². The molecule has 1 amide bonds. The smallest absolute Gasteiger partial charge is 0.407 e. The molecule has 1 rings (SSSR count). The van der Waals surface area contributed by atoms with Crippen LogP contribution in [0, 0.1) is 0 Å². The Labute approximate surface area is 136 Å². The van der Waals surface area contributed by atoms with Gasteiger partial charge < -0.3 is 19.9 Å². The molecule has 1 aromatic rings. The van der Waals surface area contributed by atoms with Gasteiger partial charge in [0.05, 0.1) is 18.6 Å². The minimum Gasteiger partial charge on any atom is -0.460 e. The summed E-state index contributed by atoms with van der Waals surface area (Å²) in [6, 6.07) is 8.46. The van der Waals surface area contributed by atoms with E-state index in [2.05, 4.69) is 5.32 Å². The third-order valence-corrected chi connectivity index (χ3v) is 2.90. The van der Waals surface area contributed by atoms with Gasteiger partial charge in [-0.25, -0.2) is 4.79 Å². The van der Waals surface area contributed by atoms with Gasteiger partial charge in [0.2, 0.25) is 0 Å². The summed E-state index contributed by atoms with van der Waals surface area (Å²) >= 11 is 0. The first-order valence-electron chi connectivity index (χ1n) is 7.54. The summed E-state index contributed by atoms with van der Waals surface area (Å²) in [4.78, 5) is 23.6. The van der Waals surface area contributed by atoms with Gasteiger partial charge in [0.25, 0.3) is 0 Å². The summed E-state index contributed by atoms with van der Waals surface area (Å²) in [7, 11) is 0. The lowest BCUT2D eigenvalue weighted by Gasteiger charge is -2.24. The Morgan fingerprint density at radius 1 is 1.22 bits per heavy atom. The fraction of sp³-hybridized carbons (Fsp3) is 0.529. The normalized spacial score (nSPS) is 13.8. The van der Waals surface area contributed by atoms with Crippen molar-refractivity contribution in [1.82, 2.24) is 5.32 Å². The Bertz CT molecular complexity index is 507. The van der Waals surface area contributed by atoms with E-state index in [1.807, 2.05) is 30.3 Å². The van der Waals surface area contributed by atoms with Crippen LogP contribution in [0.3, 0.4) is 0 Å². The van der Waals surface area contributed by atoms with E-state index in [-0.39, 0.29) is 13.0 Å². The molecule has 0 aromatic heterocycles. The fourth-order valence-electron chi connectivity index (χ4n) is 1.82. The predicted octanol–water partition coefficient (Wildman–Crippen LogP) is 2.39. The molecular formula is C17H25NO5. The molecule has 6 heteroatoms. The largest absolute Gasteiger partial charge is 0.460 e. The summed E-state index contributed by atoms with van der Waals surface area (Å²) in [6.45, 7) is 6.87. The summed E-state index contributed by atoms with van der Waals surface area (Å²) in [5.74, 6) is -0.494. The molecule has 0 bridgehead atoms. The van der Waals surface area contributed by atoms with Crippen LogP contribution in [0.15, 0.2) is 30.3 Å². The maximum absolute atomic E-state index is 11.8. The van der Waals surface area contributed by atoms with Gasteiger partial charge in [-0.3, -0.25) is 4.79 Å². The van der Waals surface area contributed by atoms with Crippen LogP contribution < -0.4 is 5.32 Å². The zero-order chi connectivity index (χ0) is 17.5. The number of ether oxygens (including phenoxy) is 2. The van der Waals surface area contributed by atoms with E-state index in [1.165, 1.54) is 6.92 Å². The van der Waals surface area contributed by atoms with Gasteiger partial charge in [-0.15, -0.1) is 0 Å². The van der Waals surface area contributed by atoms with E-state index in [0.717, 1.165) is 5.56 Å². The molecule has 2 N–H and O–H groups in total. The van der Waals surface area contributed by atoms with Crippen LogP contribution in [0.4, 0.5) is 4.79 Å². The summed E-state index contributed by atoms with van der Waals surface area (Å²) < 4.78 is 10.3. The van der Waals surface area contributed by atoms with Crippen molar-refractivity contribution in [3.05, 3.63) is 35.9 Å². The summed E-state index contributed by atoms with van der Waals surface area (Å²) in [5, 5.41) is 12.2. The van der Waals surface area contributed by atoms with Gasteiger partial charge in [-0.05, 0) is 33.3 Å². The number of hydrogen-bond donors (Lipinski definition) is 2. The highest BCUT2D eigenvalue weighted by Gasteiger charge is 2.25. The van der Waals surface area contributed by atoms with Crippen LogP contribution in [0.2, 0.25) is 0 Å². The molecule has 0 aliphatic rings. The van der Waals surface area contributed by atoms with E-state index >= 15 is 0 Å². The second-order valence-corrected chi connectivity index (χ2v) is 6.34. The molecule has 2 unspecified atom stereocenters. The Morgan fingerprint density at radius 3 is 2.35 bits per heavy atom. The van der Waals surface area contributed by atoms with E-state index in [1.54, 1.807) is 20.8 Å². The Kier molecular flexibility index (Phi) is 7.03. The van der Waals surface area contributed by atoms with E-state index < -0.39 is 29.8 Å². The van der Waals surface area contributed by atoms with Gasteiger partial charge in [0, 0.05) is 0 Å². The van der Waals surface area contributed by atoms with E-state index in [0.29, 0.717) is 0 Å². The highest BCUT2D eigenvalue weighted by atomic mass is 16.6. The van der Waals surface area contributed by atoms with Crippen LogP contribution in [0.1, 0.15) is 39.7 Å². The molecule has 0 heterocycles. The molecule has 0 radical (unpaired) electrons. The average Bonchev–Trinajstić information content (AvgIpc) is 2.43. The molecular weight excluding hydrogens is 298 g/mol. The molecule has 23 heavy (non-hydrogen) atoms. The fourth-order valence-corrected chi connectivity index (χ4v) is 1.82. The zero-order valence-corrected chi connectivity index (χ0v) is 14.0. The first-order chi connectivity index (χ1) is 10.7. The number of amides is 1. The van der Waals surface area contributed by atoms with Crippen LogP contribution in [-0.4, -0.2) is 34.9 Å². The van der Waals surface area contributed by atoms with Crippen molar-refractivity contribution in [1.29, 1.82) is 0 Å². The first-order valence-corrected chi connectivity index (χ1v) is 7.54. The van der Waals surface area contributed by atoms with Crippen molar-refractivity contribution in [3.63, 3.8) is 0 Å². The lowest BCUT2D eigenvalue weighted by Crippen LogP contribution is -2.44. The lowest BCUT2D eigenvalue weighted by molar-refractivity contribution is -0.156.